The van der Waals surface area contributed by atoms with E-state index in [1.807, 2.05) is 48.5 Å². The molecule has 5 rings (SSSR count). The Morgan fingerprint density at radius 2 is 1.79 bits per heavy atom. The molecule has 0 saturated heterocycles. The summed E-state index contributed by atoms with van der Waals surface area (Å²) in [6.45, 7) is 0. The van der Waals surface area contributed by atoms with Crippen molar-refractivity contribution in [2.75, 3.05) is 5.43 Å². The summed E-state index contributed by atoms with van der Waals surface area (Å²) in [4.78, 5) is 14.2. The molecule has 0 aliphatic carbocycles. The fourth-order valence-corrected chi connectivity index (χ4v) is 4.10. The smallest absolute Gasteiger partial charge is 0.159 e. The zero-order chi connectivity index (χ0) is 18.8. The molecule has 0 amide bonds. The Hall–Kier alpha value is -3.64. The topological polar surface area (TPSA) is 63.1 Å². The number of nitrogens with zero attached hydrogens (tertiary/aromatic N) is 4. The lowest BCUT2D eigenvalue weighted by atomic mass is 10.1. The fourth-order valence-electron chi connectivity index (χ4n) is 3.19. The van der Waals surface area contributed by atoms with Crippen molar-refractivity contribution in [2.24, 2.45) is 5.10 Å². The van der Waals surface area contributed by atoms with Gasteiger partial charge in [0.15, 0.2) is 5.82 Å². The highest BCUT2D eigenvalue weighted by molar-refractivity contribution is 7.17. The number of pyridine rings is 1. The fraction of sp³-hybridized carbons (Fsp3) is 0. The van der Waals surface area contributed by atoms with Crippen molar-refractivity contribution in [3.8, 4) is 11.1 Å². The Bertz CT molecular complexity index is 1290. The molecule has 0 bridgehead atoms. The summed E-state index contributed by atoms with van der Waals surface area (Å²) in [5, 5.41) is 8.60. The van der Waals surface area contributed by atoms with E-state index in [0.717, 1.165) is 37.8 Å². The van der Waals surface area contributed by atoms with Gasteiger partial charge in [-0.05, 0) is 11.6 Å². The van der Waals surface area contributed by atoms with Crippen LogP contribution >= 0.6 is 11.3 Å². The molecule has 0 spiro atoms. The van der Waals surface area contributed by atoms with E-state index in [2.05, 4.69) is 43.0 Å². The number of fused-ring (bicyclic) bond motifs is 2. The first-order chi connectivity index (χ1) is 13.9. The highest BCUT2D eigenvalue weighted by Gasteiger charge is 2.12. The number of thiophene rings is 1. The zero-order valence-electron chi connectivity index (χ0n) is 14.8. The van der Waals surface area contributed by atoms with Crippen LogP contribution in [0.15, 0.2) is 83.7 Å². The van der Waals surface area contributed by atoms with Gasteiger partial charge in [0, 0.05) is 28.1 Å². The molecule has 3 heterocycles. The van der Waals surface area contributed by atoms with E-state index in [9.17, 15) is 0 Å². The lowest BCUT2D eigenvalue weighted by Crippen LogP contribution is -1.96. The molecule has 0 unspecified atom stereocenters. The standard InChI is InChI=1S/C22H15N5S/c1-2-6-15(7-3-1)18-13-28-22-19(18)21(24-14-25-22)27-26-12-17-9-4-8-16-10-5-11-23-20(16)17/h1-14H,(H,24,25,27)/b26-12+. The van der Waals surface area contributed by atoms with Crippen molar-refractivity contribution in [3.63, 3.8) is 0 Å². The quantitative estimate of drug-likeness (QED) is 0.337. The first kappa shape index (κ1) is 16.5. The number of hydrogen-bond acceptors (Lipinski definition) is 6. The molecule has 3 aromatic heterocycles. The largest absolute Gasteiger partial charge is 0.261 e. The van der Waals surface area contributed by atoms with Gasteiger partial charge < -0.3 is 0 Å². The SMILES string of the molecule is C(=N\Nc1ncnc2scc(-c3ccccc3)c12)/c1cccc2cccnc12. The molecule has 0 radical (unpaired) electrons. The van der Waals surface area contributed by atoms with Crippen LogP contribution in [-0.2, 0) is 0 Å². The van der Waals surface area contributed by atoms with Crippen LogP contribution in [0.4, 0.5) is 5.82 Å². The van der Waals surface area contributed by atoms with Crippen molar-refractivity contribution < 1.29 is 0 Å². The van der Waals surface area contributed by atoms with Gasteiger partial charge in [-0.1, -0.05) is 54.6 Å². The van der Waals surface area contributed by atoms with Crippen LogP contribution in [0.25, 0.3) is 32.2 Å². The summed E-state index contributed by atoms with van der Waals surface area (Å²) in [5.41, 5.74) is 7.20. The van der Waals surface area contributed by atoms with Gasteiger partial charge in [0.25, 0.3) is 0 Å². The van der Waals surface area contributed by atoms with Crippen LogP contribution in [0, 0.1) is 0 Å². The van der Waals surface area contributed by atoms with Gasteiger partial charge >= 0.3 is 0 Å². The predicted molar refractivity (Wildman–Crippen MR) is 116 cm³/mol. The van der Waals surface area contributed by atoms with Gasteiger partial charge in [-0.2, -0.15) is 5.10 Å². The molecule has 28 heavy (non-hydrogen) atoms. The Balaban J connectivity index is 1.52. The number of hydrazone groups is 1. The number of benzene rings is 2. The molecular formula is C22H15N5S. The minimum Gasteiger partial charge on any atom is -0.261 e. The Labute approximate surface area is 165 Å². The van der Waals surface area contributed by atoms with Gasteiger partial charge in [0.1, 0.15) is 11.2 Å². The average molecular weight is 381 g/mol. The second-order valence-corrected chi connectivity index (χ2v) is 7.07. The number of nitrogens with one attached hydrogen (secondary N) is 1. The summed E-state index contributed by atoms with van der Waals surface area (Å²) in [6, 6.07) is 20.3. The number of hydrogen-bond donors (Lipinski definition) is 1. The third kappa shape index (κ3) is 3.00. The van der Waals surface area contributed by atoms with Crippen LogP contribution in [0.5, 0.6) is 0 Å². The van der Waals surface area contributed by atoms with Crippen LogP contribution < -0.4 is 5.43 Å². The van der Waals surface area contributed by atoms with Gasteiger partial charge in [-0.15, -0.1) is 11.3 Å². The highest BCUT2D eigenvalue weighted by atomic mass is 32.1. The van der Waals surface area contributed by atoms with Crippen LogP contribution in [0.3, 0.4) is 0 Å². The summed E-state index contributed by atoms with van der Waals surface area (Å²) in [5.74, 6) is 0.689. The Kier molecular flexibility index (Phi) is 4.23. The first-order valence-electron chi connectivity index (χ1n) is 8.80. The molecule has 134 valence electrons. The van der Waals surface area contributed by atoms with Crippen molar-refractivity contribution in [3.05, 3.63) is 84.1 Å². The molecule has 1 N–H and O–H groups in total. The van der Waals surface area contributed by atoms with Gasteiger partial charge in [-0.25, -0.2) is 9.97 Å². The summed E-state index contributed by atoms with van der Waals surface area (Å²) in [6.07, 6.45) is 5.13. The van der Waals surface area contributed by atoms with E-state index in [1.165, 1.54) is 0 Å². The molecule has 0 aliphatic rings. The van der Waals surface area contributed by atoms with E-state index in [0.29, 0.717) is 5.82 Å². The third-order valence-corrected chi connectivity index (χ3v) is 5.38. The monoisotopic (exact) mass is 381 g/mol. The molecular weight excluding hydrogens is 366 g/mol. The first-order valence-corrected chi connectivity index (χ1v) is 9.68. The van der Waals surface area contributed by atoms with Crippen LogP contribution in [0.2, 0.25) is 0 Å². The second-order valence-electron chi connectivity index (χ2n) is 6.21. The molecule has 0 saturated carbocycles. The van der Waals surface area contributed by atoms with Crippen LogP contribution in [-0.4, -0.2) is 21.2 Å². The van der Waals surface area contributed by atoms with E-state index in [1.54, 1.807) is 30.1 Å². The normalized spacial score (nSPS) is 11.4. The summed E-state index contributed by atoms with van der Waals surface area (Å²) < 4.78 is 0. The summed E-state index contributed by atoms with van der Waals surface area (Å²) in [7, 11) is 0. The maximum Gasteiger partial charge on any atom is 0.159 e. The average Bonchev–Trinajstić information content (AvgIpc) is 3.20. The number of anilines is 1. The molecule has 5 nitrogen and oxygen atoms in total. The van der Waals surface area contributed by atoms with Crippen molar-refractivity contribution in [2.45, 2.75) is 0 Å². The third-order valence-electron chi connectivity index (χ3n) is 4.49. The lowest BCUT2D eigenvalue weighted by Gasteiger charge is -2.05. The lowest BCUT2D eigenvalue weighted by molar-refractivity contribution is 1.19. The van der Waals surface area contributed by atoms with Gasteiger partial charge in [0.2, 0.25) is 0 Å². The van der Waals surface area contributed by atoms with Crippen molar-refractivity contribution in [1.29, 1.82) is 0 Å². The van der Waals surface area contributed by atoms with E-state index < -0.39 is 0 Å². The maximum absolute atomic E-state index is 4.46. The molecule has 0 aliphatic heterocycles. The van der Waals surface area contributed by atoms with Crippen molar-refractivity contribution >= 4 is 44.5 Å². The minimum atomic E-state index is 0.689. The zero-order valence-corrected chi connectivity index (χ0v) is 15.6. The predicted octanol–water partition coefficient (Wildman–Crippen LogP) is 5.35. The Morgan fingerprint density at radius 3 is 2.71 bits per heavy atom. The molecule has 0 atom stereocenters. The number of rotatable bonds is 4. The number of aromatic nitrogens is 3. The Morgan fingerprint density at radius 1 is 0.893 bits per heavy atom. The van der Waals surface area contributed by atoms with Gasteiger partial charge in [0.05, 0.1) is 17.1 Å². The highest BCUT2D eigenvalue weighted by Crippen LogP contribution is 2.36. The maximum atomic E-state index is 4.46. The summed E-state index contributed by atoms with van der Waals surface area (Å²) >= 11 is 1.60. The minimum absolute atomic E-state index is 0.689. The van der Waals surface area contributed by atoms with E-state index >= 15 is 0 Å². The molecule has 6 heteroatoms. The second kappa shape index (κ2) is 7.17. The molecule has 5 aromatic rings. The van der Waals surface area contributed by atoms with Crippen LogP contribution in [0.1, 0.15) is 5.56 Å². The van der Waals surface area contributed by atoms with E-state index in [-0.39, 0.29) is 0 Å². The molecule has 0 fully saturated rings. The molecule has 2 aromatic carbocycles. The number of para-hydroxylation sites is 1. The van der Waals surface area contributed by atoms with Gasteiger partial charge in [-0.3, -0.25) is 10.4 Å². The van der Waals surface area contributed by atoms with E-state index in [4.69, 9.17) is 0 Å². The van der Waals surface area contributed by atoms with Crippen molar-refractivity contribution in [1.82, 2.24) is 15.0 Å².